The fourth-order valence-corrected chi connectivity index (χ4v) is 0.805. The minimum absolute atomic E-state index is 0.104. The van der Waals surface area contributed by atoms with Gasteiger partial charge in [-0.1, -0.05) is 6.92 Å². The van der Waals surface area contributed by atoms with Crippen LogP contribution in [0.5, 0.6) is 0 Å². The number of nitrogens with one attached hydrogen (secondary N) is 4. The van der Waals surface area contributed by atoms with Gasteiger partial charge in [0, 0.05) is 26.2 Å². The highest BCUT2D eigenvalue weighted by molar-refractivity contribution is 5.73. The molecule has 0 rings (SSSR count). The Morgan fingerprint density at radius 1 is 1.08 bits per heavy atom. The Kier molecular flexibility index (Phi) is 8.70. The second-order valence-corrected chi connectivity index (χ2v) is 2.64. The van der Waals surface area contributed by atoms with Gasteiger partial charge in [-0.2, -0.15) is 0 Å². The molecule has 2 amide bonds. The highest BCUT2D eigenvalue weighted by Crippen LogP contribution is 1.64. The largest absolute Gasteiger partial charge is 0.337 e. The molecule has 0 saturated carbocycles. The highest BCUT2D eigenvalue weighted by atomic mass is 16.2. The second-order valence-electron chi connectivity index (χ2n) is 2.64. The summed E-state index contributed by atoms with van der Waals surface area (Å²) in [5, 5.41) is 11.5. The van der Waals surface area contributed by atoms with E-state index in [2.05, 4.69) is 21.3 Å². The summed E-state index contributed by atoms with van der Waals surface area (Å²) in [4.78, 5) is 11.0. The van der Waals surface area contributed by atoms with Crippen molar-refractivity contribution < 1.29 is 4.79 Å². The summed E-state index contributed by atoms with van der Waals surface area (Å²) in [7, 11) is 1.85. The molecule has 0 aromatic carbocycles. The van der Waals surface area contributed by atoms with Crippen molar-refractivity contribution in [3.63, 3.8) is 0 Å². The Hall–Kier alpha value is -0.810. The Bertz CT molecular complexity index is 129. The van der Waals surface area contributed by atoms with Crippen LogP contribution in [0.2, 0.25) is 0 Å². The normalized spacial score (nSPS) is 9.69. The molecule has 0 aliphatic heterocycles. The zero-order chi connectivity index (χ0) is 9.94. The molecular formula is C8H20N4O. The van der Waals surface area contributed by atoms with Crippen LogP contribution in [0, 0.1) is 0 Å². The lowest BCUT2D eigenvalue weighted by molar-refractivity contribution is 0.241. The van der Waals surface area contributed by atoms with Gasteiger partial charge in [-0.15, -0.1) is 0 Å². The molecule has 0 radical (unpaired) electrons. The smallest absolute Gasteiger partial charge is 0.314 e. The molecule has 0 spiro atoms. The van der Waals surface area contributed by atoms with Crippen molar-refractivity contribution in [1.29, 1.82) is 0 Å². The molecule has 0 aliphatic carbocycles. The molecule has 0 saturated heterocycles. The molecule has 0 aliphatic rings. The van der Waals surface area contributed by atoms with Crippen molar-refractivity contribution in [2.24, 2.45) is 0 Å². The van der Waals surface area contributed by atoms with Gasteiger partial charge < -0.3 is 21.3 Å². The minimum Gasteiger partial charge on any atom is -0.337 e. The molecule has 0 heterocycles. The van der Waals surface area contributed by atoms with Gasteiger partial charge in [-0.3, -0.25) is 0 Å². The van der Waals surface area contributed by atoms with Crippen LogP contribution in [0.25, 0.3) is 0 Å². The number of urea groups is 1. The van der Waals surface area contributed by atoms with Gasteiger partial charge in [0.05, 0.1) is 0 Å². The summed E-state index contributed by atoms with van der Waals surface area (Å²) >= 11 is 0. The molecule has 13 heavy (non-hydrogen) atoms. The fourth-order valence-electron chi connectivity index (χ4n) is 0.805. The van der Waals surface area contributed by atoms with E-state index in [4.69, 9.17) is 0 Å². The van der Waals surface area contributed by atoms with E-state index < -0.39 is 0 Å². The summed E-state index contributed by atoms with van der Waals surface area (Å²) < 4.78 is 0. The van der Waals surface area contributed by atoms with Gasteiger partial charge in [0.25, 0.3) is 0 Å². The lowest BCUT2D eigenvalue weighted by Gasteiger charge is -2.07. The van der Waals surface area contributed by atoms with Gasteiger partial charge in [0.15, 0.2) is 0 Å². The van der Waals surface area contributed by atoms with E-state index in [0.29, 0.717) is 13.1 Å². The first-order valence-corrected chi connectivity index (χ1v) is 4.68. The van der Waals surface area contributed by atoms with Crippen LogP contribution in [-0.2, 0) is 0 Å². The first-order valence-electron chi connectivity index (χ1n) is 4.68. The molecule has 4 N–H and O–H groups in total. The number of carbonyl (C=O) groups excluding carboxylic acids is 1. The van der Waals surface area contributed by atoms with Gasteiger partial charge in [-0.05, 0) is 13.6 Å². The first-order chi connectivity index (χ1) is 6.31. The molecular weight excluding hydrogens is 168 g/mol. The van der Waals surface area contributed by atoms with Gasteiger partial charge >= 0.3 is 6.03 Å². The van der Waals surface area contributed by atoms with Crippen LogP contribution in [0.3, 0.4) is 0 Å². The van der Waals surface area contributed by atoms with Gasteiger partial charge in [0.1, 0.15) is 0 Å². The van der Waals surface area contributed by atoms with Crippen LogP contribution in [-0.4, -0.2) is 45.8 Å². The van der Waals surface area contributed by atoms with E-state index in [1.54, 1.807) is 0 Å². The third kappa shape index (κ3) is 9.10. The topological polar surface area (TPSA) is 65.2 Å². The molecule has 0 aromatic heterocycles. The van der Waals surface area contributed by atoms with Crippen molar-refractivity contribution in [1.82, 2.24) is 21.3 Å². The van der Waals surface area contributed by atoms with E-state index in [9.17, 15) is 4.79 Å². The van der Waals surface area contributed by atoms with E-state index in [-0.39, 0.29) is 6.03 Å². The Morgan fingerprint density at radius 2 is 1.69 bits per heavy atom. The SMILES string of the molecule is CCNCCNC(=O)NCCNC. The van der Waals surface area contributed by atoms with Crippen LogP contribution in [0.15, 0.2) is 0 Å². The number of rotatable bonds is 7. The quantitative estimate of drug-likeness (QED) is 0.392. The van der Waals surface area contributed by atoms with E-state index in [1.165, 1.54) is 0 Å². The molecule has 0 bridgehead atoms. The summed E-state index contributed by atoms with van der Waals surface area (Å²) in [5.41, 5.74) is 0. The maximum absolute atomic E-state index is 11.0. The second kappa shape index (κ2) is 9.28. The number of carbonyl (C=O) groups is 1. The Balaban J connectivity index is 3.11. The van der Waals surface area contributed by atoms with Crippen molar-refractivity contribution >= 4 is 6.03 Å². The van der Waals surface area contributed by atoms with Crippen LogP contribution in [0.1, 0.15) is 6.92 Å². The molecule has 78 valence electrons. The fraction of sp³-hybridized carbons (Fsp3) is 0.875. The summed E-state index contributed by atoms with van der Waals surface area (Å²) in [6.07, 6.45) is 0. The third-order valence-corrected chi connectivity index (χ3v) is 1.50. The van der Waals surface area contributed by atoms with Crippen LogP contribution in [0.4, 0.5) is 4.79 Å². The van der Waals surface area contributed by atoms with Gasteiger partial charge in [-0.25, -0.2) is 4.79 Å². The van der Waals surface area contributed by atoms with Crippen molar-refractivity contribution in [3.05, 3.63) is 0 Å². The zero-order valence-electron chi connectivity index (χ0n) is 8.44. The van der Waals surface area contributed by atoms with E-state index >= 15 is 0 Å². The van der Waals surface area contributed by atoms with E-state index in [1.807, 2.05) is 14.0 Å². The maximum Gasteiger partial charge on any atom is 0.314 e. The van der Waals surface area contributed by atoms with E-state index in [0.717, 1.165) is 19.6 Å². The number of hydrogen-bond acceptors (Lipinski definition) is 3. The molecule has 5 nitrogen and oxygen atoms in total. The Labute approximate surface area is 79.7 Å². The summed E-state index contributed by atoms with van der Waals surface area (Å²) in [6, 6.07) is -0.104. The number of amides is 2. The lowest BCUT2D eigenvalue weighted by atomic mass is 10.5. The van der Waals surface area contributed by atoms with Crippen molar-refractivity contribution in [2.45, 2.75) is 6.92 Å². The maximum atomic E-state index is 11.0. The third-order valence-electron chi connectivity index (χ3n) is 1.50. The predicted molar refractivity (Wildman–Crippen MR) is 53.9 cm³/mol. The van der Waals surface area contributed by atoms with Crippen LogP contribution < -0.4 is 21.3 Å². The standard InChI is InChI=1S/C8H20N4O/c1-3-10-5-7-12-8(13)11-6-4-9-2/h9-10H,3-7H2,1-2H3,(H2,11,12,13). The minimum atomic E-state index is -0.104. The molecule has 0 fully saturated rings. The summed E-state index contributed by atoms with van der Waals surface area (Å²) in [6.45, 7) is 5.90. The average molecular weight is 188 g/mol. The Morgan fingerprint density at radius 3 is 2.23 bits per heavy atom. The molecule has 5 heteroatoms. The molecule has 0 unspecified atom stereocenters. The first kappa shape index (κ1) is 12.2. The zero-order valence-corrected chi connectivity index (χ0v) is 8.44. The number of hydrogen-bond donors (Lipinski definition) is 4. The summed E-state index contributed by atoms with van der Waals surface area (Å²) in [5.74, 6) is 0. The predicted octanol–water partition coefficient (Wildman–Crippen LogP) is -0.885. The van der Waals surface area contributed by atoms with Gasteiger partial charge in [0.2, 0.25) is 0 Å². The van der Waals surface area contributed by atoms with Crippen molar-refractivity contribution in [2.75, 3.05) is 39.8 Å². The average Bonchev–Trinajstić information content (AvgIpc) is 2.13. The lowest BCUT2D eigenvalue weighted by Crippen LogP contribution is -2.41. The van der Waals surface area contributed by atoms with Crippen molar-refractivity contribution in [3.8, 4) is 0 Å². The van der Waals surface area contributed by atoms with Crippen LogP contribution >= 0.6 is 0 Å². The highest BCUT2D eigenvalue weighted by Gasteiger charge is 1.95. The molecule has 0 atom stereocenters. The molecule has 0 aromatic rings. The monoisotopic (exact) mass is 188 g/mol. The number of likely N-dealkylation sites (N-methyl/N-ethyl adjacent to an activating group) is 2.